The van der Waals surface area contributed by atoms with E-state index in [1.54, 1.807) is 19.0 Å². The normalized spacial score (nSPS) is 14.4. The Morgan fingerprint density at radius 1 is 1.05 bits per heavy atom. The molecule has 10 nitrogen and oxygen atoms in total. The van der Waals surface area contributed by atoms with Gasteiger partial charge in [-0.25, -0.2) is 9.78 Å². The highest BCUT2D eigenvalue weighted by Gasteiger charge is 2.23. The Bertz CT molecular complexity index is 1870. The standard InChI is InChI=1S/C33H36N6O4/c1-36(2)32(41)23-7-5-21(6-8-23)22-12-15-38(16-13-22)19-25-18-27-26(11-14-34-31(27)37(25)3)24-9-10-28-29(17-24)39(33(42)35-28)20-30(40)43-4/h5-11,14,17-18,22H,12-13,15-16,19-20H2,1-4H3,(H,35,42). The van der Waals surface area contributed by atoms with Gasteiger partial charge >= 0.3 is 11.7 Å². The average Bonchev–Trinajstić information content (AvgIpc) is 3.51. The lowest BCUT2D eigenvalue weighted by Crippen LogP contribution is -2.33. The monoisotopic (exact) mass is 580 g/mol. The number of piperidine rings is 1. The van der Waals surface area contributed by atoms with Crippen LogP contribution in [0.3, 0.4) is 0 Å². The smallest absolute Gasteiger partial charge is 0.327 e. The van der Waals surface area contributed by atoms with Crippen LogP contribution in [-0.2, 0) is 29.7 Å². The molecule has 1 saturated heterocycles. The molecule has 1 aliphatic rings. The molecule has 1 fully saturated rings. The van der Waals surface area contributed by atoms with Gasteiger partial charge in [-0.1, -0.05) is 18.2 Å². The second-order valence-corrected chi connectivity index (χ2v) is 11.5. The van der Waals surface area contributed by atoms with Crippen LogP contribution in [0, 0.1) is 0 Å². The number of likely N-dealkylation sites (tertiary alicyclic amines) is 1. The molecule has 0 unspecified atom stereocenters. The Morgan fingerprint density at radius 2 is 1.79 bits per heavy atom. The number of fused-ring (bicyclic) bond motifs is 2. The van der Waals surface area contributed by atoms with Gasteiger partial charge in [0.05, 0.1) is 18.1 Å². The van der Waals surface area contributed by atoms with Crippen molar-refractivity contribution < 1.29 is 14.3 Å². The van der Waals surface area contributed by atoms with E-state index in [1.165, 1.54) is 22.9 Å². The number of hydrogen-bond acceptors (Lipinski definition) is 6. The Kier molecular flexibility index (Phi) is 7.62. The van der Waals surface area contributed by atoms with Crippen molar-refractivity contribution in [1.29, 1.82) is 0 Å². The van der Waals surface area contributed by atoms with Gasteiger partial charge in [-0.2, -0.15) is 0 Å². The van der Waals surface area contributed by atoms with Crippen LogP contribution in [0.1, 0.15) is 40.4 Å². The van der Waals surface area contributed by atoms with Crippen molar-refractivity contribution in [2.75, 3.05) is 34.3 Å². The zero-order chi connectivity index (χ0) is 30.2. The van der Waals surface area contributed by atoms with Crippen molar-refractivity contribution in [1.82, 2.24) is 28.9 Å². The maximum Gasteiger partial charge on any atom is 0.327 e. The first-order chi connectivity index (χ1) is 20.7. The Morgan fingerprint density at radius 3 is 2.49 bits per heavy atom. The van der Waals surface area contributed by atoms with E-state index in [0.717, 1.165) is 60.2 Å². The van der Waals surface area contributed by atoms with Crippen LogP contribution in [0.15, 0.2) is 65.6 Å². The number of aryl methyl sites for hydroxylation is 1. The average molecular weight is 581 g/mol. The number of aromatic nitrogens is 4. The fraction of sp³-hybridized carbons (Fsp3) is 0.333. The van der Waals surface area contributed by atoms with Gasteiger partial charge < -0.3 is 19.2 Å². The lowest BCUT2D eigenvalue weighted by Gasteiger charge is -2.32. The summed E-state index contributed by atoms with van der Waals surface area (Å²) in [7, 11) is 6.91. The first-order valence-corrected chi connectivity index (χ1v) is 14.5. The highest BCUT2D eigenvalue weighted by Crippen LogP contribution is 2.33. The van der Waals surface area contributed by atoms with Gasteiger partial charge in [-0.3, -0.25) is 19.1 Å². The SMILES string of the molecule is COC(=O)Cn1c(=O)[nH]c2ccc(-c3ccnc4c3cc(CN3CCC(c5ccc(C(=O)N(C)C)cc5)CC3)n4C)cc21. The summed E-state index contributed by atoms with van der Waals surface area (Å²) in [5, 5.41) is 1.04. The Hall–Kier alpha value is -4.70. The third-order valence-electron chi connectivity index (χ3n) is 8.64. The molecule has 4 heterocycles. The maximum atomic E-state index is 12.5. The first kappa shape index (κ1) is 28.4. The number of nitrogens with zero attached hydrogens (tertiary/aromatic N) is 5. The number of pyridine rings is 1. The number of carbonyl (C=O) groups is 2. The number of imidazole rings is 1. The molecular formula is C33H36N6O4. The van der Waals surface area contributed by atoms with Crippen molar-refractivity contribution in [3.05, 3.63) is 88.1 Å². The highest BCUT2D eigenvalue weighted by atomic mass is 16.5. The number of methoxy groups -OCH3 is 1. The second-order valence-electron chi connectivity index (χ2n) is 11.5. The molecule has 0 aliphatic carbocycles. The third kappa shape index (κ3) is 5.46. The topological polar surface area (TPSA) is 105 Å². The second kappa shape index (κ2) is 11.5. The largest absolute Gasteiger partial charge is 0.468 e. The molecule has 0 radical (unpaired) electrons. The van der Waals surface area contributed by atoms with Crippen molar-refractivity contribution in [3.8, 4) is 11.1 Å². The zero-order valence-corrected chi connectivity index (χ0v) is 25.0. The molecule has 1 N–H and O–H groups in total. The van der Waals surface area contributed by atoms with E-state index in [-0.39, 0.29) is 18.1 Å². The fourth-order valence-electron chi connectivity index (χ4n) is 6.16. The van der Waals surface area contributed by atoms with Crippen LogP contribution in [0.25, 0.3) is 33.2 Å². The number of hydrogen-bond donors (Lipinski definition) is 1. The summed E-state index contributed by atoms with van der Waals surface area (Å²) in [6.45, 7) is 2.66. The van der Waals surface area contributed by atoms with E-state index in [4.69, 9.17) is 9.72 Å². The minimum absolute atomic E-state index is 0.0257. The number of ether oxygens (including phenoxy) is 1. The Balaban J connectivity index is 1.20. The molecule has 2 aromatic carbocycles. The van der Waals surface area contributed by atoms with Crippen molar-refractivity contribution in [2.45, 2.75) is 31.8 Å². The van der Waals surface area contributed by atoms with Gasteiger partial charge in [-0.05, 0) is 84.9 Å². The van der Waals surface area contributed by atoms with Gasteiger partial charge in [0.2, 0.25) is 0 Å². The van der Waals surface area contributed by atoms with Crippen molar-refractivity contribution in [2.24, 2.45) is 7.05 Å². The summed E-state index contributed by atoms with van der Waals surface area (Å²) in [4.78, 5) is 48.3. The minimum Gasteiger partial charge on any atom is -0.468 e. The predicted octanol–water partition coefficient (Wildman–Crippen LogP) is 4.14. The van der Waals surface area contributed by atoms with E-state index in [1.807, 2.05) is 42.6 Å². The molecule has 222 valence electrons. The number of nitrogens with one attached hydrogen (secondary N) is 1. The molecule has 1 aliphatic heterocycles. The van der Waals surface area contributed by atoms with E-state index >= 15 is 0 Å². The van der Waals surface area contributed by atoms with Gasteiger partial charge in [0.1, 0.15) is 12.2 Å². The number of benzene rings is 2. The number of carbonyl (C=O) groups excluding carboxylic acids is 2. The molecule has 3 aromatic heterocycles. The summed E-state index contributed by atoms with van der Waals surface area (Å²) in [6, 6.07) is 18.1. The molecule has 5 aromatic rings. The molecule has 0 bridgehead atoms. The molecule has 6 rings (SSSR count). The third-order valence-corrected chi connectivity index (χ3v) is 8.64. The fourth-order valence-corrected chi connectivity index (χ4v) is 6.16. The van der Waals surface area contributed by atoms with Crippen LogP contribution in [0.4, 0.5) is 0 Å². The van der Waals surface area contributed by atoms with E-state index in [9.17, 15) is 14.4 Å². The summed E-state index contributed by atoms with van der Waals surface area (Å²) in [6.07, 6.45) is 3.95. The molecular weight excluding hydrogens is 544 g/mol. The number of amides is 1. The van der Waals surface area contributed by atoms with E-state index < -0.39 is 5.97 Å². The minimum atomic E-state index is -0.481. The van der Waals surface area contributed by atoms with Gasteiger partial charge in [-0.15, -0.1) is 0 Å². The van der Waals surface area contributed by atoms with Crippen LogP contribution in [-0.4, -0.2) is 75.1 Å². The summed E-state index contributed by atoms with van der Waals surface area (Å²) >= 11 is 0. The lowest BCUT2D eigenvalue weighted by atomic mass is 9.89. The van der Waals surface area contributed by atoms with Crippen LogP contribution >= 0.6 is 0 Å². The quantitative estimate of drug-likeness (QED) is 0.290. The molecule has 1 amide bonds. The predicted molar refractivity (Wildman–Crippen MR) is 166 cm³/mol. The van der Waals surface area contributed by atoms with Crippen molar-refractivity contribution in [3.63, 3.8) is 0 Å². The molecule has 43 heavy (non-hydrogen) atoms. The first-order valence-electron chi connectivity index (χ1n) is 14.5. The zero-order valence-electron chi connectivity index (χ0n) is 25.0. The van der Waals surface area contributed by atoms with E-state index in [0.29, 0.717) is 17.0 Å². The molecule has 10 heteroatoms. The number of esters is 1. The Labute approximate surface area is 249 Å². The van der Waals surface area contributed by atoms with Crippen LogP contribution in [0.2, 0.25) is 0 Å². The van der Waals surface area contributed by atoms with Gasteiger partial charge in [0.25, 0.3) is 5.91 Å². The maximum absolute atomic E-state index is 12.5. The number of rotatable bonds is 7. The summed E-state index contributed by atoms with van der Waals surface area (Å²) in [5.41, 5.74) is 7.02. The molecule has 0 spiro atoms. The summed E-state index contributed by atoms with van der Waals surface area (Å²) in [5.74, 6) is 0.0315. The lowest BCUT2D eigenvalue weighted by molar-refractivity contribution is -0.141. The van der Waals surface area contributed by atoms with Crippen molar-refractivity contribution >= 4 is 33.9 Å². The molecule has 0 atom stereocenters. The van der Waals surface area contributed by atoms with Crippen LogP contribution < -0.4 is 5.69 Å². The summed E-state index contributed by atoms with van der Waals surface area (Å²) < 4.78 is 8.35. The van der Waals surface area contributed by atoms with E-state index in [2.05, 4.69) is 39.7 Å². The van der Waals surface area contributed by atoms with Crippen LogP contribution in [0.5, 0.6) is 0 Å². The number of aromatic amines is 1. The number of H-pyrrole nitrogens is 1. The van der Waals surface area contributed by atoms with Gasteiger partial charge in [0, 0.05) is 50.5 Å². The highest BCUT2D eigenvalue weighted by molar-refractivity contribution is 5.96. The van der Waals surface area contributed by atoms with Gasteiger partial charge in [0.15, 0.2) is 0 Å². The molecule has 0 saturated carbocycles.